The van der Waals surface area contributed by atoms with Crippen molar-refractivity contribution in [1.82, 2.24) is 5.32 Å². The third-order valence-corrected chi connectivity index (χ3v) is 6.89. The first kappa shape index (κ1) is 17.5. The van der Waals surface area contributed by atoms with Gasteiger partial charge in [0.25, 0.3) is 0 Å². The van der Waals surface area contributed by atoms with Crippen LogP contribution in [0, 0.1) is 5.92 Å². The molecule has 1 N–H and O–H groups in total. The molecule has 0 radical (unpaired) electrons. The molecule has 3 saturated heterocycles. The predicted octanol–water partition coefficient (Wildman–Crippen LogP) is 3.84. The molecule has 4 heteroatoms. The minimum atomic E-state index is -0.315. The highest BCUT2D eigenvalue weighted by atomic mass is 16.5. The largest absolute Gasteiger partial charge is 0.457 e. The van der Waals surface area contributed by atoms with Crippen LogP contribution in [-0.4, -0.2) is 42.6 Å². The van der Waals surface area contributed by atoms with Crippen molar-refractivity contribution < 1.29 is 14.0 Å². The van der Waals surface area contributed by atoms with Crippen molar-refractivity contribution in [3.8, 4) is 11.5 Å². The molecule has 0 aromatic heterocycles. The average molecular weight is 375 g/mol. The molecule has 2 aromatic carbocycles. The third-order valence-electron chi connectivity index (χ3n) is 6.89. The Kier molecular flexibility index (Phi) is 4.24. The number of carbonyl (C=O) groups excluding carboxylic acids is 1. The van der Waals surface area contributed by atoms with E-state index in [-0.39, 0.29) is 17.9 Å². The lowest BCUT2D eigenvalue weighted by Gasteiger charge is -2.52. The second-order valence-corrected chi connectivity index (χ2v) is 8.51. The number of ether oxygens (including phenoxy) is 1. The van der Waals surface area contributed by atoms with Gasteiger partial charge in [0.2, 0.25) is 5.91 Å². The maximum absolute atomic E-state index is 13.5. The van der Waals surface area contributed by atoms with Crippen LogP contribution in [0.15, 0.2) is 61.2 Å². The number of quaternary nitrogens is 1. The Morgan fingerprint density at radius 2 is 1.68 bits per heavy atom. The van der Waals surface area contributed by atoms with Crippen LogP contribution in [0.25, 0.3) is 0 Å². The summed E-state index contributed by atoms with van der Waals surface area (Å²) < 4.78 is 7.13. The van der Waals surface area contributed by atoms with Gasteiger partial charge in [-0.05, 0) is 24.1 Å². The number of hydrogen-bond acceptors (Lipinski definition) is 2. The average Bonchev–Trinajstić information content (AvgIpc) is 2.72. The monoisotopic (exact) mass is 375 g/mol. The van der Waals surface area contributed by atoms with Crippen molar-refractivity contribution in [3.05, 3.63) is 72.3 Å². The van der Waals surface area contributed by atoms with Crippen LogP contribution in [0.1, 0.15) is 29.9 Å². The number of piperidine rings is 3. The van der Waals surface area contributed by atoms with Gasteiger partial charge in [-0.25, -0.2) is 0 Å². The highest BCUT2D eigenvalue weighted by Crippen LogP contribution is 2.44. The number of fused-ring (bicyclic) bond motifs is 5. The molecule has 3 fully saturated rings. The van der Waals surface area contributed by atoms with E-state index in [4.69, 9.17) is 4.74 Å². The Hall–Kier alpha value is -2.59. The number of carbonyl (C=O) groups is 1. The molecule has 28 heavy (non-hydrogen) atoms. The predicted molar refractivity (Wildman–Crippen MR) is 109 cm³/mol. The lowest BCUT2D eigenvalue weighted by Crippen LogP contribution is -2.67. The van der Waals surface area contributed by atoms with Crippen molar-refractivity contribution in [2.45, 2.75) is 24.8 Å². The fourth-order valence-corrected chi connectivity index (χ4v) is 5.44. The molecule has 2 bridgehead atoms. The molecule has 0 spiro atoms. The zero-order chi connectivity index (χ0) is 19.1. The lowest BCUT2D eigenvalue weighted by molar-refractivity contribution is -0.938. The first-order valence-electron chi connectivity index (χ1n) is 10.3. The number of nitrogens with one attached hydrogen (secondary N) is 1. The summed E-state index contributed by atoms with van der Waals surface area (Å²) in [6.45, 7) is 8.41. The van der Waals surface area contributed by atoms with Crippen LogP contribution in [0.3, 0.4) is 0 Å². The summed E-state index contributed by atoms with van der Waals surface area (Å²) in [6.07, 6.45) is 4.43. The fourth-order valence-electron chi connectivity index (χ4n) is 5.44. The summed E-state index contributed by atoms with van der Waals surface area (Å²) in [5.41, 5.74) is 1.91. The fraction of sp³-hybridized carbons (Fsp3) is 0.375. The van der Waals surface area contributed by atoms with E-state index in [1.807, 2.05) is 54.6 Å². The highest BCUT2D eigenvalue weighted by molar-refractivity contribution is 5.89. The number of amides is 1. The smallest absolute Gasteiger partial charge is 0.232 e. The molecule has 1 amide bonds. The van der Waals surface area contributed by atoms with Gasteiger partial charge in [-0.2, -0.15) is 0 Å². The number of hydrogen-bond donors (Lipinski definition) is 1. The Balaban J connectivity index is 1.44. The minimum Gasteiger partial charge on any atom is -0.457 e. The first-order valence-corrected chi connectivity index (χ1v) is 10.3. The third kappa shape index (κ3) is 2.83. The van der Waals surface area contributed by atoms with Crippen LogP contribution in [0.4, 0.5) is 0 Å². The molecule has 1 atom stereocenters. The number of benzene rings is 2. The maximum atomic E-state index is 13.5. The Bertz CT molecular complexity index is 869. The topological polar surface area (TPSA) is 38.3 Å². The molecule has 4 aliphatic rings. The summed E-state index contributed by atoms with van der Waals surface area (Å²) >= 11 is 0. The molecule has 6 rings (SSSR count). The summed E-state index contributed by atoms with van der Waals surface area (Å²) in [7, 11) is 0. The molecule has 0 unspecified atom stereocenters. The van der Waals surface area contributed by atoms with Crippen molar-refractivity contribution >= 4 is 5.91 Å². The SMILES string of the molecule is C=CC[N+]12CCC(CC1)[C@H](NC(=O)C1c3ccccc3Oc3ccccc31)C2. The maximum Gasteiger partial charge on any atom is 0.232 e. The molecule has 2 aromatic rings. The molecule has 0 aliphatic carbocycles. The van der Waals surface area contributed by atoms with E-state index in [0.717, 1.165) is 40.2 Å². The Labute approximate surface area is 166 Å². The lowest BCUT2D eigenvalue weighted by atomic mass is 9.80. The summed E-state index contributed by atoms with van der Waals surface area (Å²) in [5, 5.41) is 3.44. The second-order valence-electron chi connectivity index (χ2n) is 8.51. The quantitative estimate of drug-likeness (QED) is 0.651. The molecular weight excluding hydrogens is 348 g/mol. The van der Waals surface area contributed by atoms with Gasteiger partial charge in [-0.3, -0.25) is 4.79 Å². The van der Waals surface area contributed by atoms with Gasteiger partial charge in [0, 0.05) is 24.0 Å². The number of para-hydroxylation sites is 2. The number of rotatable bonds is 4. The van der Waals surface area contributed by atoms with Crippen LogP contribution in [0.5, 0.6) is 11.5 Å². The van der Waals surface area contributed by atoms with Gasteiger partial charge in [0.05, 0.1) is 38.1 Å². The summed E-state index contributed by atoms with van der Waals surface area (Å²) in [5.74, 6) is 1.94. The van der Waals surface area contributed by atoms with E-state index >= 15 is 0 Å². The van der Waals surface area contributed by atoms with Gasteiger partial charge in [-0.1, -0.05) is 43.0 Å². The van der Waals surface area contributed by atoms with Gasteiger partial charge >= 0.3 is 0 Å². The van der Waals surface area contributed by atoms with Crippen molar-refractivity contribution in [2.24, 2.45) is 5.92 Å². The molecule has 144 valence electrons. The van der Waals surface area contributed by atoms with E-state index in [0.29, 0.717) is 5.92 Å². The van der Waals surface area contributed by atoms with Crippen LogP contribution >= 0.6 is 0 Å². The normalized spacial score (nSPS) is 28.0. The van der Waals surface area contributed by atoms with Crippen LogP contribution in [0.2, 0.25) is 0 Å². The van der Waals surface area contributed by atoms with Crippen LogP contribution in [-0.2, 0) is 4.79 Å². The Morgan fingerprint density at radius 3 is 2.29 bits per heavy atom. The van der Waals surface area contributed by atoms with Crippen molar-refractivity contribution in [1.29, 1.82) is 0 Å². The van der Waals surface area contributed by atoms with Crippen molar-refractivity contribution in [2.75, 3.05) is 26.2 Å². The molecule has 4 heterocycles. The molecule has 4 nitrogen and oxygen atoms in total. The zero-order valence-corrected chi connectivity index (χ0v) is 16.1. The van der Waals surface area contributed by atoms with Gasteiger partial charge in [0.15, 0.2) is 0 Å². The first-order chi connectivity index (χ1) is 13.7. The van der Waals surface area contributed by atoms with Gasteiger partial charge in [-0.15, -0.1) is 0 Å². The van der Waals surface area contributed by atoms with E-state index in [1.165, 1.54) is 25.9 Å². The van der Waals surface area contributed by atoms with E-state index in [1.54, 1.807) is 0 Å². The molecule has 4 aliphatic heterocycles. The standard InChI is InChI=1S/C24H26N2O2/c1-2-13-26-14-11-17(12-15-26)20(16-26)25-24(27)23-18-7-3-5-9-21(18)28-22-10-6-4-8-19(22)23/h2-10,17,20,23H,1,11-16H2/p+1/t17?,20-,26?/m1/s1. The molecular formula is C24H27N2O2+. The van der Waals surface area contributed by atoms with Gasteiger partial charge < -0.3 is 14.5 Å². The molecule has 0 saturated carbocycles. The van der Waals surface area contributed by atoms with E-state index in [2.05, 4.69) is 11.9 Å². The highest BCUT2D eigenvalue weighted by Gasteiger charge is 2.46. The second kappa shape index (κ2) is 6.78. The van der Waals surface area contributed by atoms with E-state index in [9.17, 15) is 4.79 Å². The summed E-state index contributed by atoms with van der Waals surface area (Å²) in [4.78, 5) is 13.5. The number of nitrogens with zero attached hydrogens (tertiary/aromatic N) is 1. The van der Waals surface area contributed by atoms with Gasteiger partial charge in [0.1, 0.15) is 11.5 Å². The zero-order valence-electron chi connectivity index (χ0n) is 16.1. The minimum absolute atomic E-state index is 0.0960. The van der Waals surface area contributed by atoms with Crippen molar-refractivity contribution in [3.63, 3.8) is 0 Å². The Morgan fingerprint density at radius 1 is 1.07 bits per heavy atom. The van der Waals surface area contributed by atoms with E-state index < -0.39 is 0 Å². The summed E-state index contributed by atoms with van der Waals surface area (Å²) in [6, 6.07) is 16.0. The van der Waals surface area contributed by atoms with Crippen LogP contribution < -0.4 is 10.1 Å².